The number of ether oxygens (including phenoxy) is 1. The van der Waals surface area contributed by atoms with Gasteiger partial charge in [-0.25, -0.2) is 0 Å². The zero-order valence-electron chi connectivity index (χ0n) is 15.0. The second-order valence-corrected chi connectivity index (χ2v) is 7.06. The number of hydrogen-bond acceptors (Lipinski definition) is 3. The van der Waals surface area contributed by atoms with E-state index in [0.717, 1.165) is 42.9 Å². The third-order valence-electron chi connectivity index (χ3n) is 4.74. The van der Waals surface area contributed by atoms with Crippen LogP contribution in [0.5, 0.6) is 5.75 Å². The molecule has 0 aliphatic carbocycles. The minimum Gasteiger partial charge on any atom is -0.489 e. The molecule has 5 nitrogen and oxygen atoms in total. The molecule has 136 valence electrons. The van der Waals surface area contributed by atoms with Gasteiger partial charge in [-0.1, -0.05) is 23.8 Å². The molecule has 1 saturated heterocycles. The first-order valence-electron chi connectivity index (χ1n) is 8.92. The van der Waals surface area contributed by atoms with Gasteiger partial charge >= 0.3 is 0 Å². The second-order valence-electron chi connectivity index (χ2n) is 6.62. The van der Waals surface area contributed by atoms with E-state index in [1.54, 1.807) is 0 Å². The summed E-state index contributed by atoms with van der Waals surface area (Å²) < 4.78 is 5.92. The average molecular weight is 363 g/mol. The zero-order chi connectivity index (χ0) is 17.6. The number of hydrogen-bond donors (Lipinski definition) is 1. The van der Waals surface area contributed by atoms with Crippen LogP contribution in [0, 0.1) is 0 Å². The van der Waals surface area contributed by atoms with Crippen LogP contribution in [0.15, 0.2) is 41.4 Å². The van der Waals surface area contributed by atoms with E-state index < -0.39 is 0 Å². The zero-order valence-corrected chi connectivity index (χ0v) is 15.7. The highest BCUT2D eigenvalue weighted by Crippen LogP contribution is 2.18. The van der Waals surface area contributed by atoms with Gasteiger partial charge in [0, 0.05) is 44.3 Å². The Hall–Kier alpha value is -1.72. The molecule has 25 heavy (non-hydrogen) atoms. The van der Waals surface area contributed by atoms with Crippen LogP contribution in [0.3, 0.4) is 0 Å². The van der Waals surface area contributed by atoms with Crippen LogP contribution in [-0.2, 0) is 0 Å². The summed E-state index contributed by atoms with van der Waals surface area (Å²) in [7, 11) is 1.85. The molecule has 1 aromatic carbocycles. The van der Waals surface area contributed by atoms with E-state index in [9.17, 15) is 0 Å². The predicted molar refractivity (Wildman–Crippen MR) is 104 cm³/mol. The van der Waals surface area contributed by atoms with E-state index in [-0.39, 0.29) is 6.10 Å². The molecular formula is C19H27ClN4O. The summed E-state index contributed by atoms with van der Waals surface area (Å²) in [4.78, 5) is 9.32. The lowest BCUT2D eigenvalue weighted by molar-refractivity contribution is 0.222. The molecule has 2 aliphatic heterocycles. The molecule has 2 heterocycles. The first-order chi connectivity index (χ1) is 12.2. The number of rotatable bonds is 5. The van der Waals surface area contributed by atoms with Gasteiger partial charge in [0.2, 0.25) is 0 Å². The molecular weight excluding hydrogens is 336 g/mol. The molecule has 2 aliphatic rings. The van der Waals surface area contributed by atoms with Crippen molar-refractivity contribution >= 4 is 17.6 Å². The second kappa shape index (κ2) is 8.59. The summed E-state index contributed by atoms with van der Waals surface area (Å²) in [5.41, 5.74) is 0. The van der Waals surface area contributed by atoms with Crippen molar-refractivity contribution in [3.63, 3.8) is 0 Å². The Morgan fingerprint density at radius 1 is 1.32 bits per heavy atom. The summed E-state index contributed by atoms with van der Waals surface area (Å²) in [5, 5.41) is 4.16. The fraction of sp³-hybridized carbons (Fsp3) is 0.526. The van der Waals surface area contributed by atoms with Gasteiger partial charge in [-0.2, -0.15) is 0 Å². The monoisotopic (exact) mass is 362 g/mol. The Bertz CT molecular complexity index is 608. The summed E-state index contributed by atoms with van der Waals surface area (Å²) in [5.74, 6) is 1.79. The Kier molecular flexibility index (Phi) is 6.21. The van der Waals surface area contributed by atoms with E-state index >= 15 is 0 Å². The largest absolute Gasteiger partial charge is 0.489 e. The highest BCUT2D eigenvalue weighted by molar-refractivity contribution is 6.30. The van der Waals surface area contributed by atoms with E-state index in [4.69, 9.17) is 16.3 Å². The normalized spacial score (nSPS) is 22.4. The van der Waals surface area contributed by atoms with Gasteiger partial charge < -0.3 is 15.0 Å². The van der Waals surface area contributed by atoms with Crippen molar-refractivity contribution in [1.82, 2.24) is 15.1 Å². The molecule has 0 bridgehead atoms. The molecule has 0 radical (unpaired) electrons. The molecule has 2 atom stereocenters. The first kappa shape index (κ1) is 18.1. The Labute approximate surface area is 155 Å². The fourth-order valence-electron chi connectivity index (χ4n) is 3.38. The van der Waals surface area contributed by atoms with Crippen LogP contribution in [-0.4, -0.2) is 67.7 Å². The standard InChI is InChI=1S/C19H27ClN4O/c1-15(25-18-7-5-16(20)6-8-18)13-22-19(21-2)24-12-9-17(14-24)23-10-3-4-11-23/h3-8,15,17H,9-14H2,1-2H3,(H,21,22). The molecule has 0 amide bonds. The topological polar surface area (TPSA) is 40.1 Å². The highest BCUT2D eigenvalue weighted by atomic mass is 35.5. The average Bonchev–Trinajstić information content (AvgIpc) is 3.29. The lowest BCUT2D eigenvalue weighted by atomic mass is 10.2. The van der Waals surface area contributed by atoms with Crippen molar-refractivity contribution < 1.29 is 4.74 Å². The van der Waals surface area contributed by atoms with Crippen LogP contribution >= 0.6 is 11.6 Å². The van der Waals surface area contributed by atoms with E-state index in [2.05, 4.69) is 39.2 Å². The van der Waals surface area contributed by atoms with Crippen LogP contribution in [0.25, 0.3) is 0 Å². The van der Waals surface area contributed by atoms with Crippen LogP contribution in [0.4, 0.5) is 0 Å². The van der Waals surface area contributed by atoms with Crippen LogP contribution in [0.1, 0.15) is 13.3 Å². The fourth-order valence-corrected chi connectivity index (χ4v) is 3.51. The lowest BCUT2D eigenvalue weighted by Gasteiger charge is -2.26. The number of likely N-dealkylation sites (tertiary alicyclic amines) is 1. The van der Waals surface area contributed by atoms with Crippen molar-refractivity contribution in [3.8, 4) is 5.75 Å². The maximum atomic E-state index is 5.92. The van der Waals surface area contributed by atoms with Gasteiger partial charge in [0.05, 0.1) is 6.54 Å². The maximum absolute atomic E-state index is 5.92. The quantitative estimate of drug-likeness (QED) is 0.496. The summed E-state index contributed by atoms with van der Waals surface area (Å²) in [6, 6.07) is 8.09. The number of nitrogens with zero attached hydrogens (tertiary/aromatic N) is 3. The van der Waals surface area contributed by atoms with Crippen molar-refractivity contribution in [2.75, 3.05) is 39.8 Å². The maximum Gasteiger partial charge on any atom is 0.193 e. The van der Waals surface area contributed by atoms with Crippen molar-refractivity contribution in [2.45, 2.75) is 25.5 Å². The van der Waals surface area contributed by atoms with Gasteiger partial charge in [-0.3, -0.25) is 9.89 Å². The molecule has 1 fully saturated rings. The summed E-state index contributed by atoms with van der Waals surface area (Å²) >= 11 is 5.90. The minimum absolute atomic E-state index is 0.0408. The number of benzene rings is 1. The number of nitrogens with one attached hydrogen (secondary N) is 1. The number of guanidine groups is 1. The van der Waals surface area contributed by atoms with Gasteiger partial charge in [-0.05, 0) is 37.6 Å². The summed E-state index contributed by atoms with van der Waals surface area (Å²) in [6.07, 6.45) is 5.75. The van der Waals surface area contributed by atoms with Gasteiger partial charge in [-0.15, -0.1) is 0 Å². The lowest BCUT2D eigenvalue weighted by Crippen LogP contribution is -2.45. The molecule has 0 spiro atoms. The third kappa shape index (κ3) is 4.89. The number of halogens is 1. The van der Waals surface area contributed by atoms with Crippen molar-refractivity contribution in [2.24, 2.45) is 4.99 Å². The molecule has 2 unspecified atom stereocenters. The Balaban J connectivity index is 1.45. The van der Waals surface area contributed by atoms with Gasteiger partial charge in [0.25, 0.3) is 0 Å². The van der Waals surface area contributed by atoms with Crippen LogP contribution < -0.4 is 10.1 Å². The van der Waals surface area contributed by atoms with E-state index in [1.807, 2.05) is 31.3 Å². The van der Waals surface area contributed by atoms with Crippen LogP contribution in [0.2, 0.25) is 5.02 Å². The Morgan fingerprint density at radius 3 is 2.72 bits per heavy atom. The van der Waals surface area contributed by atoms with E-state index in [0.29, 0.717) is 12.6 Å². The molecule has 1 aromatic rings. The summed E-state index contributed by atoms with van der Waals surface area (Å²) in [6.45, 7) is 7.01. The first-order valence-corrected chi connectivity index (χ1v) is 9.30. The molecule has 6 heteroatoms. The van der Waals surface area contributed by atoms with E-state index in [1.165, 1.54) is 6.42 Å². The van der Waals surface area contributed by atoms with Gasteiger partial charge in [0.1, 0.15) is 11.9 Å². The highest BCUT2D eigenvalue weighted by Gasteiger charge is 2.29. The third-order valence-corrected chi connectivity index (χ3v) is 4.99. The smallest absolute Gasteiger partial charge is 0.193 e. The predicted octanol–water partition coefficient (Wildman–Crippen LogP) is 2.63. The number of aliphatic imine (C=N–C) groups is 1. The molecule has 1 N–H and O–H groups in total. The molecule has 0 aromatic heterocycles. The SMILES string of the molecule is CN=C(NCC(C)Oc1ccc(Cl)cc1)N1CCC(N2CC=CC2)C1. The molecule has 3 rings (SSSR count). The Morgan fingerprint density at radius 2 is 2.04 bits per heavy atom. The van der Waals surface area contributed by atoms with Crippen molar-refractivity contribution in [1.29, 1.82) is 0 Å². The van der Waals surface area contributed by atoms with Gasteiger partial charge in [0.15, 0.2) is 5.96 Å². The van der Waals surface area contributed by atoms with Crippen molar-refractivity contribution in [3.05, 3.63) is 41.4 Å². The molecule has 0 saturated carbocycles. The minimum atomic E-state index is 0.0408.